The quantitative estimate of drug-likeness (QED) is 0.766. The van der Waals surface area contributed by atoms with E-state index >= 15 is 0 Å². The number of methoxy groups -OCH3 is 1. The summed E-state index contributed by atoms with van der Waals surface area (Å²) in [5.41, 5.74) is 2.15. The van der Waals surface area contributed by atoms with Crippen LogP contribution in [0.15, 0.2) is 23.0 Å². The first-order valence-electron chi connectivity index (χ1n) is 8.08. The molecule has 0 spiro atoms. The lowest BCUT2D eigenvalue weighted by Gasteiger charge is -2.11. The number of anilines is 1. The standard InChI is InChI=1S/C19H18ClN3O4/c1-10-13(11(2)22-18(25)15(10)9-21)5-7-17(24)23-12-4-6-16(20)14(8-12)19(26)27-3/h4,6,8H,5,7H2,1-3H3,(H,22,25)(H,23,24). The molecular weight excluding hydrogens is 370 g/mol. The van der Waals surface area contributed by atoms with E-state index in [1.54, 1.807) is 19.9 Å². The third kappa shape index (κ3) is 4.54. The van der Waals surface area contributed by atoms with Crippen molar-refractivity contribution in [1.29, 1.82) is 5.26 Å². The minimum Gasteiger partial charge on any atom is -0.465 e. The third-order valence-corrected chi connectivity index (χ3v) is 4.51. The summed E-state index contributed by atoms with van der Waals surface area (Å²) < 4.78 is 4.65. The van der Waals surface area contributed by atoms with Gasteiger partial charge in [0.2, 0.25) is 5.91 Å². The van der Waals surface area contributed by atoms with Gasteiger partial charge in [0.15, 0.2) is 0 Å². The van der Waals surface area contributed by atoms with Crippen LogP contribution >= 0.6 is 11.6 Å². The van der Waals surface area contributed by atoms with Crippen LogP contribution in [0.25, 0.3) is 0 Å². The van der Waals surface area contributed by atoms with E-state index in [0.717, 1.165) is 5.56 Å². The zero-order valence-electron chi connectivity index (χ0n) is 15.1. The Morgan fingerprint density at radius 3 is 2.67 bits per heavy atom. The first-order chi connectivity index (χ1) is 12.8. The number of esters is 1. The van der Waals surface area contributed by atoms with Crippen molar-refractivity contribution in [3.8, 4) is 6.07 Å². The average molecular weight is 388 g/mol. The molecule has 1 aromatic heterocycles. The second-order valence-electron chi connectivity index (χ2n) is 5.90. The number of H-pyrrole nitrogens is 1. The van der Waals surface area contributed by atoms with Crippen LogP contribution in [0.2, 0.25) is 5.02 Å². The lowest BCUT2D eigenvalue weighted by Crippen LogP contribution is -2.18. The number of hydrogen-bond donors (Lipinski definition) is 2. The molecule has 0 aliphatic heterocycles. The Morgan fingerprint density at radius 1 is 1.33 bits per heavy atom. The van der Waals surface area contributed by atoms with Gasteiger partial charge < -0.3 is 15.0 Å². The van der Waals surface area contributed by atoms with E-state index in [1.807, 2.05) is 6.07 Å². The number of carbonyl (C=O) groups is 2. The smallest absolute Gasteiger partial charge is 0.339 e. The number of aromatic nitrogens is 1. The van der Waals surface area contributed by atoms with Crippen molar-refractivity contribution in [3.63, 3.8) is 0 Å². The minimum atomic E-state index is -0.598. The van der Waals surface area contributed by atoms with Crippen LogP contribution in [0, 0.1) is 25.2 Å². The number of ether oxygens (including phenoxy) is 1. The normalized spacial score (nSPS) is 10.2. The predicted octanol–water partition coefficient (Wildman–Crippen LogP) is 2.87. The van der Waals surface area contributed by atoms with E-state index in [9.17, 15) is 14.4 Å². The van der Waals surface area contributed by atoms with E-state index in [2.05, 4.69) is 15.0 Å². The molecule has 1 amide bonds. The van der Waals surface area contributed by atoms with Crippen molar-refractivity contribution in [2.45, 2.75) is 26.7 Å². The Morgan fingerprint density at radius 2 is 2.04 bits per heavy atom. The number of hydrogen-bond acceptors (Lipinski definition) is 5. The summed E-state index contributed by atoms with van der Waals surface area (Å²) >= 11 is 5.95. The molecule has 2 aromatic rings. The van der Waals surface area contributed by atoms with Crippen LogP contribution in [0.1, 0.15) is 39.2 Å². The van der Waals surface area contributed by atoms with Gasteiger partial charge in [-0.25, -0.2) is 4.79 Å². The van der Waals surface area contributed by atoms with Gasteiger partial charge in [-0.15, -0.1) is 0 Å². The average Bonchev–Trinajstić information content (AvgIpc) is 2.62. The highest BCUT2D eigenvalue weighted by Crippen LogP contribution is 2.22. The van der Waals surface area contributed by atoms with Gasteiger partial charge in [0.1, 0.15) is 11.6 Å². The fraction of sp³-hybridized carbons (Fsp3) is 0.263. The number of nitrogens with zero attached hydrogens (tertiary/aromatic N) is 1. The summed E-state index contributed by atoms with van der Waals surface area (Å²) in [4.78, 5) is 38.3. The maximum atomic E-state index is 12.3. The number of halogens is 1. The number of aromatic amines is 1. The molecule has 140 valence electrons. The van der Waals surface area contributed by atoms with Gasteiger partial charge in [0.05, 0.1) is 17.7 Å². The summed E-state index contributed by atoms with van der Waals surface area (Å²) in [7, 11) is 1.24. The van der Waals surface area contributed by atoms with Gasteiger partial charge in [0, 0.05) is 17.8 Å². The molecule has 7 nitrogen and oxygen atoms in total. The van der Waals surface area contributed by atoms with Crippen molar-refractivity contribution in [2.75, 3.05) is 12.4 Å². The molecule has 0 bridgehead atoms. The number of aryl methyl sites for hydroxylation is 1. The molecule has 8 heteroatoms. The second kappa shape index (κ2) is 8.52. The number of rotatable bonds is 5. The maximum Gasteiger partial charge on any atom is 0.339 e. The van der Waals surface area contributed by atoms with Crippen LogP contribution in [-0.4, -0.2) is 24.0 Å². The molecule has 0 fully saturated rings. The molecule has 0 saturated carbocycles. The van der Waals surface area contributed by atoms with Crippen LogP contribution in [-0.2, 0) is 16.0 Å². The number of carbonyl (C=O) groups excluding carboxylic acids is 2. The largest absolute Gasteiger partial charge is 0.465 e. The van der Waals surface area contributed by atoms with Crippen LogP contribution in [0.3, 0.4) is 0 Å². The van der Waals surface area contributed by atoms with Crippen LogP contribution in [0.5, 0.6) is 0 Å². The van der Waals surface area contributed by atoms with Crippen LogP contribution < -0.4 is 10.9 Å². The monoisotopic (exact) mass is 387 g/mol. The molecule has 0 atom stereocenters. The van der Waals surface area contributed by atoms with E-state index in [1.165, 1.54) is 19.2 Å². The molecule has 2 N–H and O–H groups in total. The fourth-order valence-electron chi connectivity index (χ4n) is 2.75. The molecule has 27 heavy (non-hydrogen) atoms. The second-order valence-corrected chi connectivity index (χ2v) is 6.31. The number of amides is 1. The Labute approximate surface area is 160 Å². The molecule has 0 saturated heterocycles. The Hall–Kier alpha value is -3.11. The van der Waals surface area contributed by atoms with Crippen molar-refractivity contribution in [2.24, 2.45) is 0 Å². The highest BCUT2D eigenvalue weighted by atomic mass is 35.5. The molecule has 1 heterocycles. The Balaban J connectivity index is 2.13. The lowest BCUT2D eigenvalue weighted by atomic mass is 9.99. The van der Waals surface area contributed by atoms with E-state index in [4.69, 9.17) is 16.9 Å². The summed E-state index contributed by atoms with van der Waals surface area (Å²) in [6.07, 6.45) is 0.487. The highest BCUT2D eigenvalue weighted by molar-refractivity contribution is 6.33. The van der Waals surface area contributed by atoms with Gasteiger partial charge >= 0.3 is 5.97 Å². The Bertz CT molecular complexity index is 1010. The van der Waals surface area contributed by atoms with Gasteiger partial charge in [-0.2, -0.15) is 5.26 Å². The molecule has 0 radical (unpaired) electrons. The third-order valence-electron chi connectivity index (χ3n) is 4.18. The zero-order chi connectivity index (χ0) is 20.1. The van der Waals surface area contributed by atoms with Crippen molar-refractivity contribution in [3.05, 3.63) is 61.5 Å². The first kappa shape index (κ1) is 20.2. The Kier molecular flexibility index (Phi) is 6.37. The highest BCUT2D eigenvalue weighted by Gasteiger charge is 2.15. The lowest BCUT2D eigenvalue weighted by molar-refractivity contribution is -0.116. The number of nitrogens with one attached hydrogen (secondary N) is 2. The molecule has 2 rings (SSSR count). The minimum absolute atomic E-state index is 0.0522. The molecule has 0 aliphatic rings. The van der Waals surface area contributed by atoms with Gasteiger partial charge in [-0.05, 0) is 49.6 Å². The molecule has 0 unspecified atom stereocenters. The SMILES string of the molecule is COC(=O)c1cc(NC(=O)CCc2c(C)[nH]c(=O)c(C#N)c2C)ccc1Cl. The van der Waals surface area contributed by atoms with Crippen molar-refractivity contribution < 1.29 is 14.3 Å². The van der Waals surface area contributed by atoms with E-state index < -0.39 is 11.5 Å². The topological polar surface area (TPSA) is 112 Å². The first-order valence-corrected chi connectivity index (χ1v) is 8.46. The zero-order valence-corrected chi connectivity index (χ0v) is 15.9. The van der Waals surface area contributed by atoms with Crippen LogP contribution in [0.4, 0.5) is 5.69 Å². The summed E-state index contributed by atoms with van der Waals surface area (Å²) in [6.45, 7) is 3.42. The number of nitriles is 1. The van der Waals surface area contributed by atoms with Crippen molar-refractivity contribution in [1.82, 2.24) is 4.98 Å². The van der Waals surface area contributed by atoms with Gasteiger partial charge in [-0.1, -0.05) is 11.6 Å². The van der Waals surface area contributed by atoms with Gasteiger partial charge in [-0.3, -0.25) is 9.59 Å². The number of pyridine rings is 1. The maximum absolute atomic E-state index is 12.3. The molecule has 0 aliphatic carbocycles. The summed E-state index contributed by atoms with van der Waals surface area (Å²) in [5.74, 6) is -0.878. The molecular formula is C19H18ClN3O4. The van der Waals surface area contributed by atoms with Gasteiger partial charge in [0.25, 0.3) is 5.56 Å². The molecule has 1 aromatic carbocycles. The van der Waals surface area contributed by atoms with Crippen molar-refractivity contribution >= 4 is 29.2 Å². The number of benzene rings is 1. The summed E-state index contributed by atoms with van der Waals surface area (Å²) in [6, 6.07) is 6.41. The summed E-state index contributed by atoms with van der Waals surface area (Å²) in [5, 5.41) is 12.0. The van der Waals surface area contributed by atoms with E-state index in [-0.39, 0.29) is 28.5 Å². The van der Waals surface area contributed by atoms with E-state index in [0.29, 0.717) is 23.4 Å². The fourth-order valence-corrected chi connectivity index (χ4v) is 2.95. The predicted molar refractivity (Wildman–Crippen MR) is 101 cm³/mol.